The molecular formula is C23H31N7O8. The molecule has 15 heteroatoms. The number of carboxylic acids is 1. The maximum absolute atomic E-state index is 12.9. The zero-order chi connectivity index (χ0) is 28.6. The van der Waals surface area contributed by atoms with E-state index < -0.39 is 78.6 Å². The lowest BCUT2D eigenvalue weighted by Crippen LogP contribution is -2.59. The molecule has 1 heterocycles. The van der Waals surface area contributed by atoms with Crippen LogP contribution in [-0.4, -0.2) is 81.0 Å². The topological polar surface area (TPSA) is 273 Å². The predicted molar refractivity (Wildman–Crippen MR) is 133 cm³/mol. The molecule has 206 valence electrons. The number of aromatic amines is 1. The molecule has 0 fully saturated rings. The van der Waals surface area contributed by atoms with Gasteiger partial charge in [0.25, 0.3) is 0 Å². The number of benzene rings is 1. The first kappa shape index (κ1) is 29.7. The van der Waals surface area contributed by atoms with Gasteiger partial charge in [0, 0.05) is 17.1 Å². The van der Waals surface area contributed by atoms with Crippen molar-refractivity contribution in [2.45, 2.75) is 56.5 Å². The minimum atomic E-state index is -1.75. The van der Waals surface area contributed by atoms with E-state index in [1.807, 2.05) is 29.6 Å². The van der Waals surface area contributed by atoms with Gasteiger partial charge in [0.1, 0.15) is 12.1 Å². The van der Waals surface area contributed by atoms with Crippen LogP contribution < -0.4 is 33.2 Å². The molecule has 0 spiro atoms. The second-order valence-electron chi connectivity index (χ2n) is 8.70. The molecule has 0 aliphatic rings. The molecule has 5 unspecified atom stereocenters. The Morgan fingerprint density at radius 3 is 1.95 bits per heavy atom. The van der Waals surface area contributed by atoms with Crippen molar-refractivity contribution in [2.75, 3.05) is 0 Å². The van der Waals surface area contributed by atoms with E-state index in [1.165, 1.54) is 0 Å². The van der Waals surface area contributed by atoms with E-state index in [0.29, 0.717) is 0 Å². The lowest BCUT2D eigenvalue weighted by Gasteiger charge is -2.25. The van der Waals surface area contributed by atoms with E-state index in [0.717, 1.165) is 23.4 Å². The Balaban J connectivity index is 2.15. The summed E-state index contributed by atoms with van der Waals surface area (Å²) in [6.07, 6.45) is -1.16. The largest absolute Gasteiger partial charge is 0.480 e. The number of aliphatic hydroxyl groups excluding tert-OH is 1. The number of nitrogens with one attached hydrogen (secondary N) is 4. The van der Waals surface area contributed by atoms with E-state index >= 15 is 0 Å². The third kappa shape index (κ3) is 8.28. The Hall–Kier alpha value is -4.50. The van der Waals surface area contributed by atoms with Crippen LogP contribution in [0.4, 0.5) is 0 Å². The normalized spacial score (nSPS) is 14.9. The molecule has 0 saturated heterocycles. The third-order valence-electron chi connectivity index (χ3n) is 5.57. The second kappa shape index (κ2) is 13.2. The summed E-state index contributed by atoms with van der Waals surface area (Å²) < 4.78 is 0. The van der Waals surface area contributed by atoms with Crippen molar-refractivity contribution in [3.63, 3.8) is 0 Å². The van der Waals surface area contributed by atoms with E-state index in [1.54, 1.807) is 6.20 Å². The van der Waals surface area contributed by atoms with Crippen LogP contribution in [0.15, 0.2) is 30.5 Å². The van der Waals surface area contributed by atoms with Gasteiger partial charge < -0.3 is 48.3 Å². The maximum atomic E-state index is 12.9. The standard InChI is InChI=1S/C23H31N7O8/c1-10(31)19(23(37)38)30-22(36)16(8-18(26)33)29-21(35)15(7-17(25)32)28-20(34)13(24)6-11-9-27-14-5-3-2-4-12(11)14/h2-5,9-10,13,15-16,19,27,31H,6-8,24H2,1H3,(H2,25,32)(H2,26,33)(H,28,34)(H,29,35)(H,30,36)(H,37,38). The van der Waals surface area contributed by atoms with Crippen molar-refractivity contribution >= 4 is 46.4 Å². The number of carbonyl (C=O) groups excluding carboxylic acids is 5. The molecule has 1 aromatic heterocycles. The zero-order valence-corrected chi connectivity index (χ0v) is 20.5. The number of carboxylic acid groups (broad SMARTS) is 1. The van der Waals surface area contributed by atoms with Crippen LogP contribution in [0.1, 0.15) is 25.3 Å². The van der Waals surface area contributed by atoms with Gasteiger partial charge in [0.15, 0.2) is 6.04 Å². The summed E-state index contributed by atoms with van der Waals surface area (Å²) in [5.41, 5.74) is 17.9. The van der Waals surface area contributed by atoms with Gasteiger partial charge in [-0.2, -0.15) is 0 Å². The van der Waals surface area contributed by atoms with E-state index in [4.69, 9.17) is 22.3 Å². The van der Waals surface area contributed by atoms with E-state index in [-0.39, 0.29) is 6.42 Å². The molecule has 0 aliphatic heterocycles. The Morgan fingerprint density at radius 1 is 0.895 bits per heavy atom. The zero-order valence-electron chi connectivity index (χ0n) is 20.5. The summed E-state index contributed by atoms with van der Waals surface area (Å²) in [6.45, 7) is 1.11. The van der Waals surface area contributed by atoms with Crippen LogP contribution in [0.5, 0.6) is 0 Å². The number of aliphatic hydroxyl groups is 1. The minimum absolute atomic E-state index is 0.0867. The number of fused-ring (bicyclic) bond motifs is 1. The molecule has 2 rings (SSSR count). The number of hydrogen-bond acceptors (Lipinski definition) is 8. The van der Waals surface area contributed by atoms with Crippen LogP contribution in [0, 0.1) is 0 Å². The van der Waals surface area contributed by atoms with Gasteiger partial charge in [-0.1, -0.05) is 18.2 Å². The number of primary amides is 2. The SMILES string of the molecule is CC(O)C(NC(=O)C(CC(N)=O)NC(=O)C(CC(N)=O)NC(=O)C(N)Cc1c[nH]c2ccccc12)C(=O)O. The van der Waals surface area contributed by atoms with Crippen LogP contribution in [0.2, 0.25) is 0 Å². The van der Waals surface area contributed by atoms with Gasteiger partial charge in [-0.15, -0.1) is 0 Å². The summed E-state index contributed by atoms with van der Waals surface area (Å²) in [7, 11) is 0. The van der Waals surface area contributed by atoms with Gasteiger partial charge in [-0.25, -0.2) is 4.79 Å². The fourth-order valence-corrected chi connectivity index (χ4v) is 3.64. The average Bonchev–Trinajstić information content (AvgIpc) is 3.23. The summed E-state index contributed by atoms with van der Waals surface area (Å²) >= 11 is 0. The molecule has 0 radical (unpaired) electrons. The van der Waals surface area contributed by atoms with Crippen molar-refractivity contribution in [3.05, 3.63) is 36.0 Å². The molecule has 12 N–H and O–H groups in total. The molecule has 0 saturated carbocycles. The van der Waals surface area contributed by atoms with Gasteiger partial charge in [-0.3, -0.25) is 24.0 Å². The molecule has 38 heavy (non-hydrogen) atoms. The van der Waals surface area contributed by atoms with Crippen molar-refractivity contribution in [1.82, 2.24) is 20.9 Å². The molecule has 1 aromatic carbocycles. The van der Waals surface area contributed by atoms with Gasteiger partial charge in [0.05, 0.1) is 25.0 Å². The number of carbonyl (C=O) groups is 6. The van der Waals surface area contributed by atoms with Crippen LogP contribution in [-0.2, 0) is 35.2 Å². The highest BCUT2D eigenvalue weighted by molar-refractivity contribution is 5.97. The summed E-state index contributed by atoms with van der Waals surface area (Å²) in [4.78, 5) is 75.6. The molecule has 2 aromatic rings. The summed E-state index contributed by atoms with van der Waals surface area (Å²) in [5.74, 6) is -6.59. The first-order valence-electron chi connectivity index (χ1n) is 11.5. The van der Waals surface area contributed by atoms with Crippen molar-refractivity contribution < 1.29 is 39.0 Å². The highest BCUT2D eigenvalue weighted by atomic mass is 16.4. The molecule has 0 bridgehead atoms. The lowest BCUT2D eigenvalue weighted by molar-refractivity contribution is -0.145. The Labute approximate surface area is 216 Å². The number of nitrogens with two attached hydrogens (primary N) is 3. The second-order valence-corrected chi connectivity index (χ2v) is 8.70. The van der Waals surface area contributed by atoms with Crippen molar-refractivity contribution in [2.24, 2.45) is 17.2 Å². The Kier molecular flexibility index (Phi) is 10.3. The fourth-order valence-electron chi connectivity index (χ4n) is 3.64. The van der Waals surface area contributed by atoms with Crippen LogP contribution in [0.25, 0.3) is 10.9 Å². The summed E-state index contributed by atoms with van der Waals surface area (Å²) in [6, 6.07) is 1.18. The van der Waals surface area contributed by atoms with E-state index in [9.17, 15) is 33.9 Å². The number of amides is 5. The number of rotatable bonds is 14. The fraction of sp³-hybridized carbons (Fsp3) is 0.391. The quantitative estimate of drug-likeness (QED) is 0.117. The van der Waals surface area contributed by atoms with E-state index in [2.05, 4.69) is 15.6 Å². The molecular weight excluding hydrogens is 502 g/mol. The highest BCUT2D eigenvalue weighted by Gasteiger charge is 2.33. The maximum Gasteiger partial charge on any atom is 0.328 e. The Bertz CT molecular complexity index is 1210. The van der Waals surface area contributed by atoms with Crippen LogP contribution in [0.3, 0.4) is 0 Å². The van der Waals surface area contributed by atoms with Crippen LogP contribution >= 0.6 is 0 Å². The predicted octanol–water partition coefficient (Wildman–Crippen LogP) is -3.29. The highest BCUT2D eigenvalue weighted by Crippen LogP contribution is 2.18. The first-order valence-corrected chi connectivity index (χ1v) is 11.5. The van der Waals surface area contributed by atoms with Crippen molar-refractivity contribution in [3.8, 4) is 0 Å². The Morgan fingerprint density at radius 2 is 1.42 bits per heavy atom. The smallest absolute Gasteiger partial charge is 0.328 e. The number of aromatic nitrogens is 1. The average molecular weight is 534 g/mol. The molecule has 5 amide bonds. The third-order valence-corrected chi connectivity index (χ3v) is 5.57. The van der Waals surface area contributed by atoms with Gasteiger partial charge in [-0.05, 0) is 25.0 Å². The lowest BCUT2D eigenvalue weighted by atomic mass is 10.0. The number of aliphatic carboxylic acids is 1. The van der Waals surface area contributed by atoms with Gasteiger partial charge in [0.2, 0.25) is 29.5 Å². The summed E-state index contributed by atoms with van der Waals surface area (Å²) in [5, 5.41) is 26.0. The number of para-hydroxylation sites is 1. The first-order chi connectivity index (χ1) is 17.8. The minimum Gasteiger partial charge on any atom is -0.480 e. The monoisotopic (exact) mass is 533 g/mol. The van der Waals surface area contributed by atoms with Gasteiger partial charge >= 0.3 is 5.97 Å². The number of H-pyrrole nitrogens is 1. The molecule has 0 aliphatic carbocycles. The van der Waals surface area contributed by atoms with Crippen molar-refractivity contribution in [1.29, 1.82) is 0 Å². The number of hydrogen-bond donors (Lipinski definition) is 9. The molecule has 15 nitrogen and oxygen atoms in total. The molecule has 5 atom stereocenters.